The zero-order chi connectivity index (χ0) is 9.56. The first-order chi connectivity index (χ1) is 5.52. The van der Waals surface area contributed by atoms with Gasteiger partial charge in [0, 0.05) is 0 Å². The smallest absolute Gasteiger partial charge is 0.424 e. The predicted octanol–water partition coefficient (Wildman–Crippen LogP) is 2.55. The Labute approximate surface area is 99.3 Å². The first kappa shape index (κ1) is 15.5. The normalized spacial score (nSPS) is 8.23. The number of benzene rings is 1. The van der Waals surface area contributed by atoms with E-state index >= 15 is 0 Å². The molecular weight excluding hydrogens is 295 g/mol. The Morgan fingerprint density at radius 1 is 1.23 bits per heavy atom. The van der Waals surface area contributed by atoms with E-state index in [0.29, 0.717) is 0 Å². The standard InChI is InChI=1S/C7H6Br.CH3O2S.Mn/c1-6-2-4-7(8)5-3-6;1-4(2)3;/h2-5H,1H2;1H3;/q2*-1;+2. The molecule has 13 heavy (non-hydrogen) atoms. The molecule has 0 saturated carbocycles. The molecule has 73 valence electrons. The van der Waals surface area contributed by atoms with Gasteiger partial charge in [-0.05, 0) is 4.47 Å². The zero-order valence-corrected chi connectivity index (χ0v) is 10.6. The molecule has 0 amide bonds. The van der Waals surface area contributed by atoms with E-state index in [9.17, 15) is 0 Å². The summed E-state index contributed by atoms with van der Waals surface area (Å²) in [6, 6.07) is 7.87. The summed E-state index contributed by atoms with van der Waals surface area (Å²) >= 11 is 3.32. The molecule has 0 spiro atoms. The van der Waals surface area contributed by atoms with Crippen LogP contribution < -0.4 is 0 Å². The van der Waals surface area contributed by atoms with Gasteiger partial charge in [0.25, 0.3) is 0 Å². The molecular formula is C8H9BrMnO2S. The summed E-state index contributed by atoms with van der Waals surface area (Å²) in [5, 5.41) is 0. The minimum absolute atomic E-state index is 0. The molecule has 2 nitrogen and oxygen atoms in total. The van der Waals surface area contributed by atoms with Crippen LogP contribution >= 0.6 is 15.9 Å². The van der Waals surface area contributed by atoms with Crippen LogP contribution in [0.15, 0.2) is 28.7 Å². The van der Waals surface area contributed by atoms with E-state index in [2.05, 4.69) is 22.9 Å². The van der Waals surface area contributed by atoms with Crippen molar-refractivity contribution >= 4 is 26.6 Å². The molecule has 0 aliphatic heterocycles. The van der Waals surface area contributed by atoms with Gasteiger partial charge in [0.1, 0.15) is 0 Å². The second-order valence-corrected chi connectivity index (χ2v) is 3.75. The quantitative estimate of drug-likeness (QED) is 0.419. The Bertz CT molecular complexity index is 267. The minimum Gasteiger partial charge on any atom is -0.424 e. The summed E-state index contributed by atoms with van der Waals surface area (Å²) in [6.07, 6.45) is 1.08. The van der Waals surface area contributed by atoms with Crippen LogP contribution in [0.5, 0.6) is 0 Å². The van der Waals surface area contributed by atoms with Crippen LogP contribution in [0.4, 0.5) is 0 Å². The predicted molar refractivity (Wildman–Crippen MR) is 53.3 cm³/mol. The van der Waals surface area contributed by atoms with Crippen molar-refractivity contribution in [1.29, 1.82) is 0 Å². The molecule has 0 N–H and O–H groups in total. The van der Waals surface area contributed by atoms with Crippen molar-refractivity contribution in [3.8, 4) is 0 Å². The average Bonchev–Trinajstić information content (AvgIpc) is 1.94. The molecule has 5 heteroatoms. The van der Waals surface area contributed by atoms with Crippen molar-refractivity contribution in [1.82, 2.24) is 0 Å². The van der Waals surface area contributed by atoms with Crippen molar-refractivity contribution in [2.45, 2.75) is 0 Å². The van der Waals surface area contributed by atoms with Gasteiger partial charge >= 0.3 is 17.1 Å². The second-order valence-electron chi connectivity index (χ2n) is 2.03. The fourth-order valence-electron chi connectivity index (χ4n) is 0.484. The fraction of sp³-hybridized carbons (Fsp3) is 0.125. The zero-order valence-electron chi connectivity index (χ0n) is 7.00. The fourth-order valence-corrected chi connectivity index (χ4v) is 0.749. The molecule has 0 saturated heterocycles. The summed E-state index contributed by atoms with van der Waals surface area (Å²) in [5.74, 6) is 0. The van der Waals surface area contributed by atoms with Gasteiger partial charge in [-0.2, -0.15) is 24.6 Å². The van der Waals surface area contributed by atoms with Crippen LogP contribution in [0.3, 0.4) is 0 Å². The Morgan fingerprint density at radius 3 is 1.77 bits per heavy atom. The Balaban J connectivity index is 0. The molecule has 1 aromatic carbocycles. The first-order valence-electron chi connectivity index (χ1n) is 3.11. The van der Waals surface area contributed by atoms with Crippen LogP contribution in [0.25, 0.3) is 0 Å². The van der Waals surface area contributed by atoms with Gasteiger partial charge in [-0.3, -0.25) is 0 Å². The first-order valence-corrected chi connectivity index (χ1v) is 5.38. The van der Waals surface area contributed by atoms with E-state index < -0.39 is 10.7 Å². The summed E-state index contributed by atoms with van der Waals surface area (Å²) < 4.78 is 19.1. The molecule has 0 atom stereocenters. The van der Waals surface area contributed by atoms with Gasteiger partial charge in [0.05, 0.1) is 0 Å². The maximum Gasteiger partial charge on any atom is 2.00 e. The number of rotatable bonds is 0. The van der Waals surface area contributed by atoms with Crippen LogP contribution in [0.2, 0.25) is 0 Å². The molecule has 0 aromatic heterocycles. The third kappa shape index (κ3) is 12.0. The number of hydrogen-bond acceptors (Lipinski definition) is 3. The molecule has 0 bridgehead atoms. The van der Waals surface area contributed by atoms with E-state index in [0.717, 1.165) is 16.3 Å². The summed E-state index contributed by atoms with van der Waals surface area (Å²) in [7, 11) is -1.86. The van der Waals surface area contributed by atoms with Gasteiger partial charge < -0.3 is 8.42 Å². The monoisotopic (exact) mass is 303 g/mol. The van der Waals surface area contributed by atoms with Gasteiger partial charge in [0.15, 0.2) is 0 Å². The Hall–Kier alpha value is 0.0395. The van der Waals surface area contributed by atoms with Gasteiger partial charge in [-0.15, -0.1) is 12.1 Å². The van der Waals surface area contributed by atoms with Crippen LogP contribution in [0, 0.1) is 6.92 Å². The third-order valence-electron chi connectivity index (χ3n) is 0.913. The van der Waals surface area contributed by atoms with Crippen molar-refractivity contribution in [3.05, 3.63) is 41.2 Å². The van der Waals surface area contributed by atoms with Gasteiger partial charge in [0.2, 0.25) is 0 Å². The SMILES string of the molecule is C[S-](=O)=O.[CH2-]c1ccc(Br)cc1.[Mn+2]. The van der Waals surface area contributed by atoms with E-state index in [1.807, 2.05) is 24.3 Å². The summed E-state index contributed by atoms with van der Waals surface area (Å²) in [6.45, 7) is 3.74. The third-order valence-corrected chi connectivity index (χ3v) is 1.44. The molecule has 0 fully saturated rings. The molecule has 1 radical (unpaired) electrons. The summed E-state index contributed by atoms with van der Waals surface area (Å²) in [5.41, 5.74) is 1.05. The van der Waals surface area contributed by atoms with E-state index in [-0.39, 0.29) is 17.1 Å². The Morgan fingerprint density at radius 2 is 1.54 bits per heavy atom. The van der Waals surface area contributed by atoms with Crippen molar-refractivity contribution in [2.75, 3.05) is 6.26 Å². The summed E-state index contributed by atoms with van der Waals surface area (Å²) in [4.78, 5) is 0. The molecule has 1 rings (SSSR count). The van der Waals surface area contributed by atoms with Gasteiger partial charge in [-0.1, -0.05) is 32.9 Å². The van der Waals surface area contributed by atoms with Gasteiger partial charge in [-0.25, -0.2) is 0 Å². The van der Waals surface area contributed by atoms with Crippen LogP contribution in [-0.2, 0) is 36.2 Å². The molecule has 0 aliphatic carbocycles. The Kier molecular flexibility index (Phi) is 10.3. The maximum atomic E-state index is 9.00. The molecule has 0 unspecified atom stereocenters. The molecule has 0 aliphatic rings. The molecule has 0 heterocycles. The number of halogens is 1. The van der Waals surface area contributed by atoms with Crippen molar-refractivity contribution < 1.29 is 25.5 Å². The second kappa shape index (κ2) is 8.63. The topological polar surface area (TPSA) is 34.1 Å². The largest absolute Gasteiger partial charge is 2.00 e. The van der Waals surface area contributed by atoms with E-state index in [1.54, 1.807) is 0 Å². The molecule has 1 aromatic rings. The minimum atomic E-state index is -1.86. The van der Waals surface area contributed by atoms with Crippen molar-refractivity contribution in [2.24, 2.45) is 0 Å². The van der Waals surface area contributed by atoms with E-state index in [1.165, 1.54) is 0 Å². The average molecular weight is 304 g/mol. The van der Waals surface area contributed by atoms with Crippen LogP contribution in [-0.4, -0.2) is 6.26 Å². The maximum absolute atomic E-state index is 9.00. The van der Waals surface area contributed by atoms with Crippen molar-refractivity contribution in [3.63, 3.8) is 0 Å². The van der Waals surface area contributed by atoms with E-state index in [4.69, 9.17) is 8.42 Å². The van der Waals surface area contributed by atoms with Crippen LogP contribution in [0.1, 0.15) is 5.56 Å². The number of hydrogen-bond donors (Lipinski definition) is 0.